The van der Waals surface area contributed by atoms with Gasteiger partial charge in [-0.2, -0.15) is 0 Å². The number of nitrogens with zero attached hydrogens (tertiary/aromatic N) is 1. The first-order chi connectivity index (χ1) is 8.39. The predicted octanol–water partition coefficient (Wildman–Crippen LogP) is 2.69. The second-order valence-corrected chi connectivity index (χ2v) is 5.27. The number of rotatable bonds is 3. The lowest BCUT2D eigenvalue weighted by Crippen LogP contribution is -2.47. The molecule has 4 heteroatoms. The third kappa shape index (κ3) is 1.76. The highest BCUT2D eigenvalue weighted by atomic mass is 19.1. The average molecular weight is 251 g/mol. The third-order valence-electron chi connectivity index (χ3n) is 3.90. The Balaban J connectivity index is 2.45. The first kappa shape index (κ1) is 12.9. The van der Waals surface area contributed by atoms with Gasteiger partial charge in [-0.25, -0.2) is 4.39 Å². The van der Waals surface area contributed by atoms with E-state index >= 15 is 0 Å². The van der Waals surface area contributed by atoms with Gasteiger partial charge in [-0.1, -0.05) is 6.07 Å². The van der Waals surface area contributed by atoms with Crippen molar-refractivity contribution in [1.29, 1.82) is 0 Å². The lowest BCUT2D eigenvalue weighted by molar-refractivity contribution is -0.148. The maximum atomic E-state index is 13.8. The molecular formula is C14H18FNO2. The van der Waals surface area contributed by atoms with Crippen LogP contribution in [0.5, 0.6) is 0 Å². The van der Waals surface area contributed by atoms with E-state index in [0.29, 0.717) is 18.5 Å². The molecule has 1 heterocycles. The molecule has 3 nitrogen and oxygen atoms in total. The number of benzene rings is 1. The summed E-state index contributed by atoms with van der Waals surface area (Å²) in [5, 5.41) is 9.34. The van der Waals surface area contributed by atoms with Gasteiger partial charge in [0.05, 0.1) is 5.41 Å². The number of carboxylic acids is 1. The van der Waals surface area contributed by atoms with Crippen LogP contribution in [0.3, 0.4) is 0 Å². The fraction of sp³-hybridized carbons (Fsp3) is 0.500. The van der Waals surface area contributed by atoms with E-state index in [4.69, 9.17) is 0 Å². The Labute approximate surface area is 106 Å². The fourth-order valence-corrected chi connectivity index (χ4v) is 2.67. The maximum absolute atomic E-state index is 13.8. The highest BCUT2D eigenvalue weighted by Gasteiger charge is 2.44. The van der Waals surface area contributed by atoms with Crippen LogP contribution in [0.4, 0.5) is 10.1 Å². The molecule has 1 unspecified atom stereocenters. The summed E-state index contributed by atoms with van der Waals surface area (Å²) in [5.74, 6) is -1.09. The van der Waals surface area contributed by atoms with Crippen molar-refractivity contribution in [3.05, 3.63) is 29.6 Å². The molecule has 98 valence electrons. The van der Waals surface area contributed by atoms with Crippen molar-refractivity contribution in [1.82, 2.24) is 0 Å². The summed E-state index contributed by atoms with van der Waals surface area (Å²) in [7, 11) is 0. The van der Waals surface area contributed by atoms with Crippen LogP contribution in [-0.2, 0) is 11.2 Å². The molecule has 0 spiro atoms. The molecule has 0 saturated heterocycles. The van der Waals surface area contributed by atoms with Crippen molar-refractivity contribution in [2.24, 2.45) is 5.41 Å². The minimum Gasteiger partial charge on any atom is -0.481 e. The molecule has 18 heavy (non-hydrogen) atoms. The van der Waals surface area contributed by atoms with Gasteiger partial charge >= 0.3 is 5.97 Å². The van der Waals surface area contributed by atoms with Crippen LogP contribution in [-0.4, -0.2) is 23.7 Å². The molecule has 2 rings (SSSR count). The van der Waals surface area contributed by atoms with Crippen LogP contribution in [0.15, 0.2) is 18.2 Å². The zero-order chi connectivity index (χ0) is 13.5. The first-order valence-corrected chi connectivity index (χ1v) is 6.17. The lowest BCUT2D eigenvalue weighted by atomic mass is 9.82. The van der Waals surface area contributed by atoms with Crippen LogP contribution in [0.1, 0.15) is 26.3 Å². The third-order valence-corrected chi connectivity index (χ3v) is 3.90. The Hall–Kier alpha value is -1.58. The number of hydrogen-bond acceptors (Lipinski definition) is 2. The quantitative estimate of drug-likeness (QED) is 0.898. The molecule has 1 aromatic carbocycles. The minimum atomic E-state index is -0.901. The molecule has 1 aliphatic rings. The van der Waals surface area contributed by atoms with Crippen molar-refractivity contribution < 1.29 is 14.3 Å². The molecule has 0 aliphatic carbocycles. The summed E-state index contributed by atoms with van der Waals surface area (Å²) >= 11 is 0. The summed E-state index contributed by atoms with van der Waals surface area (Å²) in [5.41, 5.74) is 0.567. The van der Waals surface area contributed by atoms with Crippen molar-refractivity contribution in [2.75, 3.05) is 11.4 Å². The Kier molecular flexibility index (Phi) is 3.05. The molecule has 1 aliphatic heterocycles. The Morgan fingerprint density at radius 1 is 1.56 bits per heavy atom. The van der Waals surface area contributed by atoms with Crippen LogP contribution in [0, 0.1) is 11.2 Å². The van der Waals surface area contributed by atoms with E-state index in [1.807, 2.05) is 17.9 Å². The summed E-state index contributed by atoms with van der Waals surface area (Å²) in [6.45, 7) is 6.04. The van der Waals surface area contributed by atoms with Gasteiger partial charge < -0.3 is 10.0 Å². The maximum Gasteiger partial charge on any atom is 0.311 e. The standard InChI is InChI=1S/C14H18FNO2/c1-4-16-11-7-5-6-10(15)9(11)8-12(16)14(2,3)13(17)18/h5-7,12H,4,8H2,1-3H3,(H,17,18). The van der Waals surface area contributed by atoms with E-state index in [9.17, 15) is 14.3 Å². The summed E-state index contributed by atoms with van der Waals surface area (Å²) in [4.78, 5) is 13.4. The monoisotopic (exact) mass is 251 g/mol. The summed E-state index contributed by atoms with van der Waals surface area (Å²) in [6, 6.07) is 4.77. The van der Waals surface area contributed by atoms with E-state index in [1.54, 1.807) is 19.9 Å². The van der Waals surface area contributed by atoms with Gasteiger partial charge in [-0.05, 0) is 39.3 Å². The Morgan fingerprint density at radius 2 is 2.22 bits per heavy atom. The largest absolute Gasteiger partial charge is 0.481 e. The number of likely N-dealkylation sites (N-methyl/N-ethyl adjacent to an activating group) is 1. The van der Waals surface area contributed by atoms with Gasteiger partial charge in [0.2, 0.25) is 0 Å². The van der Waals surface area contributed by atoms with Crippen molar-refractivity contribution in [3.63, 3.8) is 0 Å². The normalized spacial score (nSPS) is 18.9. The van der Waals surface area contributed by atoms with E-state index in [1.165, 1.54) is 6.07 Å². The van der Waals surface area contributed by atoms with Gasteiger partial charge in [-0.15, -0.1) is 0 Å². The fourth-order valence-electron chi connectivity index (χ4n) is 2.67. The van der Waals surface area contributed by atoms with Gasteiger partial charge in [0.15, 0.2) is 0 Å². The average Bonchev–Trinajstić information content (AvgIpc) is 2.69. The molecule has 1 atom stereocenters. The molecule has 0 fully saturated rings. The molecule has 0 radical (unpaired) electrons. The lowest BCUT2D eigenvalue weighted by Gasteiger charge is -2.35. The second-order valence-electron chi connectivity index (χ2n) is 5.27. The molecule has 0 bridgehead atoms. The predicted molar refractivity (Wildman–Crippen MR) is 68.3 cm³/mol. The number of halogens is 1. The summed E-state index contributed by atoms with van der Waals surface area (Å²) in [6.07, 6.45) is 0.454. The SMILES string of the molecule is CCN1c2cccc(F)c2CC1C(C)(C)C(=O)O. The number of carbonyl (C=O) groups is 1. The number of anilines is 1. The van der Waals surface area contributed by atoms with Gasteiger partial charge in [0.25, 0.3) is 0 Å². The van der Waals surface area contributed by atoms with Crippen molar-refractivity contribution in [2.45, 2.75) is 33.2 Å². The van der Waals surface area contributed by atoms with Crippen molar-refractivity contribution in [3.8, 4) is 0 Å². The van der Waals surface area contributed by atoms with Crippen molar-refractivity contribution >= 4 is 11.7 Å². The van der Waals surface area contributed by atoms with Gasteiger partial charge in [0.1, 0.15) is 5.82 Å². The van der Waals surface area contributed by atoms with Crippen LogP contribution in [0.2, 0.25) is 0 Å². The smallest absolute Gasteiger partial charge is 0.311 e. The van der Waals surface area contributed by atoms with E-state index in [2.05, 4.69) is 0 Å². The molecular weight excluding hydrogens is 233 g/mol. The van der Waals surface area contributed by atoms with E-state index < -0.39 is 11.4 Å². The highest BCUT2D eigenvalue weighted by Crippen LogP contribution is 2.40. The Bertz CT molecular complexity index is 485. The van der Waals surface area contributed by atoms with Gasteiger partial charge in [-0.3, -0.25) is 4.79 Å². The number of carboxylic acid groups (broad SMARTS) is 1. The topological polar surface area (TPSA) is 40.5 Å². The molecule has 1 N–H and O–H groups in total. The van der Waals surface area contributed by atoms with Crippen LogP contribution in [0.25, 0.3) is 0 Å². The van der Waals surface area contributed by atoms with Gasteiger partial charge in [0, 0.05) is 23.8 Å². The molecule has 1 aromatic rings. The number of aliphatic carboxylic acids is 1. The zero-order valence-corrected chi connectivity index (χ0v) is 10.9. The molecule has 0 amide bonds. The second kappa shape index (κ2) is 4.26. The first-order valence-electron chi connectivity index (χ1n) is 6.17. The van der Waals surface area contributed by atoms with Crippen LogP contribution >= 0.6 is 0 Å². The molecule has 0 saturated carbocycles. The van der Waals surface area contributed by atoms with E-state index in [-0.39, 0.29) is 11.9 Å². The highest BCUT2D eigenvalue weighted by molar-refractivity contribution is 5.77. The van der Waals surface area contributed by atoms with Crippen LogP contribution < -0.4 is 4.90 Å². The molecule has 0 aromatic heterocycles. The zero-order valence-electron chi connectivity index (χ0n) is 10.9. The van der Waals surface area contributed by atoms with E-state index in [0.717, 1.165) is 5.69 Å². The minimum absolute atomic E-state index is 0.202. The summed E-state index contributed by atoms with van der Waals surface area (Å²) < 4.78 is 13.8. The Morgan fingerprint density at radius 3 is 2.78 bits per heavy atom. The number of hydrogen-bond donors (Lipinski definition) is 1. The number of fused-ring (bicyclic) bond motifs is 1.